The van der Waals surface area contributed by atoms with Gasteiger partial charge in [0, 0.05) is 0 Å². The molecule has 1 unspecified atom stereocenters. The quantitative estimate of drug-likeness (QED) is 0.390. The predicted molar refractivity (Wildman–Crippen MR) is 85.0 cm³/mol. The molecule has 0 N–H and O–H groups in total. The Morgan fingerprint density at radius 3 is 1.95 bits per heavy atom. The Bertz CT molecular complexity index is 379. The highest BCUT2D eigenvalue weighted by Gasteiger charge is 2.30. The van der Waals surface area contributed by atoms with Gasteiger partial charge in [0.05, 0.1) is 38.3 Å². The summed E-state index contributed by atoms with van der Waals surface area (Å²) >= 11 is 1.02. The fourth-order valence-corrected chi connectivity index (χ4v) is 4.87. The van der Waals surface area contributed by atoms with Crippen molar-refractivity contribution >= 4 is 31.3 Å². The van der Waals surface area contributed by atoms with Gasteiger partial charge in [0.1, 0.15) is 5.25 Å². The van der Waals surface area contributed by atoms with Gasteiger partial charge in [-0.05, 0) is 27.7 Å². The third-order valence-electron chi connectivity index (χ3n) is 2.29. The van der Waals surface area contributed by atoms with Gasteiger partial charge in [0.15, 0.2) is 0 Å². The molecule has 0 bridgehead atoms. The number of thioether (sulfide) groups is 1. The summed E-state index contributed by atoms with van der Waals surface area (Å²) in [5.41, 5.74) is -0.0302. The summed E-state index contributed by atoms with van der Waals surface area (Å²) < 4.78 is 32.5. The molecule has 0 aromatic heterocycles. The smallest absolute Gasteiger partial charge is 0.340 e. The van der Waals surface area contributed by atoms with Gasteiger partial charge < -0.3 is 18.5 Å². The van der Waals surface area contributed by atoms with Crippen molar-refractivity contribution in [3.8, 4) is 0 Å². The minimum atomic E-state index is -3.29. The molecule has 0 heterocycles. The van der Waals surface area contributed by atoms with Crippen molar-refractivity contribution < 1.29 is 32.7 Å². The standard InChI is InChI=1S/C13H25O7PS/c1-5-17-12(14)9-11(13(15)18-6-2)22-10-21(16,19-7-3)20-8-4/h11H,5-10H2,1-4H3. The Morgan fingerprint density at radius 2 is 1.50 bits per heavy atom. The number of carbonyl (C=O) groups is 2. The molecule has 0 spiro atoms. The molecular formula is C13H25O7PS. The van der Waals surface area contributed by atoms with Crippen LogP contribution in [0.25, 0.3) is 0 Å². The van der Waals surface area contributed by atoms with Gasteiger partial charge >= 0.3 is 19.5 Å². The normalized spacial score (nSPS) is 12.7. The van der Waals surface area contributed by atoms with Gasteiger partial charge in [-0.3, -0.25) is 14.2 Å². The first-order valence-electron chi connectivity index (χ1n) is 7.24. The Morgan fingerprint density at radius 1 is 0.955 bits per heavy atom. The summed E-state index contributed by atoms with van der Waals surface area (Å²) in [6.45, 7) is 7.68. The van der Waals surface area contributed by atoms with Gasteiger partial charge in [-0.2, -0.15) is 0 Å². The third kappa shape index (κ3) is 8.78. The molecule has 0 saturated heterocycles. The Hall–Kier alpha value is -0.560. The maximum absolute atomic E-state index is 12.4. The highest BCUT2D eigenvalue weighted by atomic mass is 32.2. The van der Waals surface area contributed by atoms with Crippen molar-refractivity contribution in [1.82, 2.24) is 0 Å². The zero-order valence-electron chi connectivity index (χ0n) is 13.5. The van der Waals surface area contributed by atoms with Crippen LogP contribution in [-0.4, -0.2) is 49.1 Å². The fourth-order valence-electron chi connectivity index (χ4n) is 1.50. The molecule has 0 aromatic carbocycles. The monoisotopic (exact) mass is 356 g/mol. The molecule has 0 aliphatic heterocycles. The van der Waals surface area contributed by atoms with Crippen LogP contribution in [0.15, 0.2) is 0 Å². The number of esters is 2. The second-order valence-electron chi connectivity index (χ2n) is 3.99. The number of hydrogen-bond donors (Lipinski definition) is 0. The van der Waals surface area contributed by atoms with Crippen molar-refractivity contribution in [3.63, 3.8) is 0 Å². The number of rotatable bonds is 12. The first-order valence-corrected chi connectivity index (χ1v) is 10.0. The van der Waals surface area contributed by atoms with Crippen LogP contribution in [0.1, 0.15) is 34.1 Å². The molecule has 22 heavy (non-hydrogen) atoms. The van der Waals surface area contributed by atoms with Crippen molar-refractivity contribution in [2.24, 2.45) is 0 Å². The average molecular weight is 356 g/mol. The van der Waals surface area contributed by atoms with Gasteiger partial charge in [-0.15, -0.1) is 11.8 Å². The first-order chi connectivity index (χ1) is 10.4. The summed E-state index contributed by atoms with van der Waals surface area (Å²) in [6.07, 6.45) is -0.143. The molecular weight excluding hydrogens is 331 g/mol. The van der Waals surface area contributed by atoms with E-state index in [1.807, 2.05) is 0 Å². The van der Waals surface area contributed by atoms with E-state index in [1.54, 1.807) is 27.7 Å². The lowest BCUT2D eigenvalue weighted by Gasteiger charge is -2.19. The molecule has 0 rings (SSSR count). The van der Waals surface area contributed by atoms with E-state index in [4.69, 9.17) is 18.5 Å². The molecule has 0 saturated carbocycles. The number of hydrogen-bond acceptors (Lipinski definition) is 8. The van der Waals surface area contributed by atoms with Crippen LogP contribution in [0.5, 0.6) is 0 Å². The molecule has 1 atom stereocenters. The van der Waals surface area contributed by atoms with E-state index in [1.165, 1.54) is 0 Å². The number of ether oxygens (including phenoxy) is 2. The predicted octanol–water partition coefficient (Wildman–Crippen LogP) is 2.83. The van der Waals surface area contributed by atoms with Crippen LogP contribution in [0.2, 0.25) is 0 Å². The Balaban J connectivity index is 4.77. The van der Waals surface area contributed by atoms with Gasteiger partial charge in [0.25, 0.3) is 0 Å². The molecule has 0 aliphatic rings. The lowest BCUT2D eigenvalue weighted by atomic mass is 10.3. The van der Waals surface area contributed by atoms with Crippen LogP contribution in [-0.2, 0) is 32.7 Å². The molecule has 0 amide bonds. The molecule has 0 aromatic rings. The summed E-state index contributed by atoms with van der Waals surface area (Å²) in [6, 6.07) is 0. The molecule has 7 nitrogen and oxygen atoms in total. The van der Waals surface area contributed by atoms with E-state index >= 15 is 0 Å². The zero-order chi connectivity index (χ0) is 17.0. The van der Waals surface area contributed by atoms with Gasteiger partial charge in [0.2, 0.25) is 0 Å². The van der Waals surface area contributed by atoms with Gasteiger partial charge in [-0.25, -0.2) is 0 Å². The summed E-state index contributed by atoms with van der Waals surface area (Å²) in [7, 11) is -3.29. The van der Waals surface area contributed by atoms with E-state index in [2.05, 4.69) is 0 Å². The van der Waals surface area contributed by atoms with Gasteiger partial charge in [-0.1, -0.05) is 0 Å². The van der Waals surface area contributed by atoms with E-state index < -0.39 is 24.8 Å². The Labute approximate surface area is 135 Å². The second kappa shape index (κ2) is 11.9. The van der Waals surface area contributed by atoms with Crippen LogP contribution in [0.4, 0.5) is 0 Å². The van der Waals surface area contributed by atoms with Crippen molar-refractivity contribution in [2.45, 2.75) is 39.4 Å². The molecule has 0 aliphatic carbocycles. The van der Waals surface area contributed by atoms with Crippen molar-refractivity contribution in [2.75, 3.05) is 31.9 Å². The largest absolute Gasteiger partial charge is 0.466 e. The van der Waals surface area contributed by atoms with Crippen LogP contribution in [0, 0.1) is 0 Å². The minimum Gasteiger partial charge on any atom is -0.466 e. The van der Waals surface area contributed by atoms with E-state index in [-0.39, 0.29) is 38.3 Å². The topological polar surface area (TPSA) is 88.1 Å². The lowest BCUT2D eigenvalue weighted by molar-refractivity contribution is -0.149. The zero-order valence-corrected chi connectivity index (χ0v) is 15.2. The molecule has 130 valence electrons. The van der Waals surface area contributed by atoms with E-state index in [0.717, 1.165) is 11.8 Å². The SMILES string of the molecule is CCOC(=O)CC(SCP(=O)(OCC)OCC)C(=O)OCC. The second-order valence-corrected chi connectivity index (χ2v) is 7.67. The minimum absolute atomic E-state index is 0.0302. The van der Waals surface area contributed by atoms with Crippen molar-refractivity contribution in [3.05, 3.63) is 0 Å². The maximum Gasteiger partial charge on any atom is 0.340 e. The van der Waals surface area contributed by atoms with E-state index in [9.17, 15) is 14.2 Å². The highest BCUT2D eigenvalue weighted by molar-refractivity contribution is 8.05. The number of carbonyl (C=O) groups excluding carboxylic acids is 2. The first kappa shape index (κ1) is 21.4. The fraction of sp³-hybridized carbons (Fsp3) is 0.846. The van der Waals surface area contributed by atoms with Crippen LogP contribution < -0.4 is 0 Å². The van der Waals surface area contributed by atoms with Crippen LogP contribution in [0.3, 0.4) is 0 Å². The summed E-state index contributed by atoms with van der Waals surface area (Å²) in [5, 5.41) is -0.798. The van der Waals surface area contributed by atoms with Crippen molar-refractivity contribution in [1.29, 1.82) is 0 Å². The van der Waals surface area contributed by atoms with Crippen LogP contribution >= 0.6 is 19.4 Å². The summed E-state index contributed by atoms with van der Waals surface area (Å²) in [5.74, 6) is -1.05. The maximum atomic E-state index is 12.4. The Kier molecular flexibility index (Phi) is 11.6. The molecule has 0 radical (unpaired) electrons. The molecule has 9 heteroatoms. The summed E-state index contributed by atoms with van der Waals surface area (Å²) in [4.78, 5) is 23.5. The third-order valence-corrected chi connectivity index (χ3v) is 6.22. The molecule has 0 fully saturated rings. The van der Waals surface area contributed by atoms with E-state index in [0.29, 0.717) is 0 Å². The highest BCUT2D eigenvalue weighted by Crippen LogP contribution is 2.51. The lowest BCUT2D eigenvalue weighted by Crippen LogP contribution is -2.25. The average Bonchev–Trinajstić information content (AvgIpc) is 2.44.